The maximum absolute atomic E-state index is 12.4. The quantitative estimate of drug-likeness (QED) is 0.819. The van der Waals surface area contributed by atoms with Gasteiger partial charge in [-0.3, -0.25) is 9.69 Å². The van der Waals surface area contributed by atoms with E-state index in [2.05, 4.69) is 4.90 Å². The molecule has 2 fully saturated rings. The number of nitrogens with zero attached hydrogens (tertiary/aromatic N) is 2. The molecule has 5 nitrogen and oxygen atoms in total. The Labute approximate surface area is 150 Å². The Bertz CT molecular complexity index is 523. The van der Waals surface area contributed by atoms with E-state index in [1.165, 1.54) is 12.8 Å². The highest BCUT2D eigenvalue weighted by molar-refractivity contribution is 5.79. The topological polar surface area (TPSA) is 53.0 Å². The van der Waals surface area contributed by atoms with E-state index in [1.54, 1.807) is 0 Å². The molecule has 1 aliphatic heterocycles. The molecule has 1 N–H and O–H groups in total. The van der Waals surface area contributed by atoms with Crippen LogP contribution in [0.15, 0.2) is 30.3 Å². The van der Waals surface area contributed by atoms with Crippen LogP contribution < -0.4 is 0 Å². The predicted octanol–water partition coefficient (Wildman–Crippen LogP) is 1.90. The molecule has 0 radical (unpaired) electrons. The summed E-state index contributed by atoms with van der Waals surface area (Å²) in [5.41, 5.74) is 1.12. The van der Waals surface area contributed by atoms with E-state index in [4.69, 9.17) is 4.74 Å². The van der Waals surface area contributed by atoms with Crippen LogP contribution in [0.4, 0.5) is 0 Å². The number of ether oxygens (including phenoxy) is 1. The first kappa shape index (κ1) is 18.4. The second-order valence-corrected chi connectivity index (χ2v) is 7.26. The maximum atomic E-state index is 12.4. The molecule has 1 aliphatic carbocycles. The van der Waals surface area contributed by atoms with Gasteiger partial charge < -0.3 is 14.7 Å². The highest BCUT2D eigenvalue weighted by Crippen LogP contribution is 2.26. The molecule has 1 aromatic rings. The molecule has 1 amide bonds. The molecule has 1 heterocycles. The summed E-state index contributed by atoms with van der Waals surface area (Å²) in [6, 6.07) is 10.00. The minimum Gasteiger partial charge on any atom is -0.389 e. The number of β-amino-alcohol motifs (C(OH)–C–C–N with tert-alkyl or cyclic N) is 1. The van der Waals surface area contributed by atoms with Gasteiger partial charge in [-0.25, -0.2) is 0 Å². The van der Waals surface area contributed by atoms with Gasteiger partial charge in [0.05, 0.1) is 19.3 Å². The fourth-order valence-corrected chi connectivity index (χ4v) is 3.82. The van der Waals surface area contributed by atoms with E-state index in [0.29, 0.717) is 25.7 Å². The van der Waals surface area contributed by atoms with Gasteiger partial charge in [-0.1, -0.05) is 43.2 Å². The third kappa shape index (κ3) is 5.53. The van der Waals surface area contributed by atoms with Gasteiger partial charge in [0.1, 0.15) is 0 Å². The van der Waals surface area contributed by atoms with Crippen LogP contribution in [-0.4, -0.2) is 66.2 Å². The third-order valence-electron chi connectivity index (χ3n) is 5.28. The van der Waals surface area contributed by atoms with E-state index in [9.17, 15) is 9.90 Å². The lowest BCUT2D eigenvalue weighted by Crippen LogP contribution is -2.51. The first-order chi connectivity index (χ1) is 12.2. The molecule has 1 aromatic carbocycles. The van der Waals surface area contributed by atoms with Crippen LogP contribution >= 0.6 is 0 Å². The van der Waals surface area contributed by atoms with Gasteiger partial charge in [0.25, 0.3) is 0 Å². The Morgan fingerprint density at radius 3 is 2.48 bits per heavy atom. The average molecular weight is 346 g/mol. The Balaban J connectivity index is 1.32. The Kier molecular flexibility index (Phi) is 6.84. The van der Waals surface area contributed by atoms with E-state index in [1.807, 2.05) is 35.2 Å². The van der Waals surface area contributed by atoms with Crippen LogP contribution in [0.3, 0.4) is 0 Å². The second kappa shape index (κ2) is 9.32. The van der Waals surface area contributed by atoms with Crippen LogP contribution in [0.1, 0.15) is 31.2 Å². The van der Waals surface area contributed by atoms with Crippen LogP contribution in [0.2, 0.25) is 0 Å². The first-order valence-electron chi connectivity index (χ1n) is 9.53. The molecule has 1 atom stereocenters. The van der Waals surface area contributed by atoms with Crippen molar-refractivity contribution in [1.29, 1.82) is 0 Å². The summed E-state index contributed by atoms with van der Waals surface area (Å²) in [7, 11) is 0. The summed E-state index contributed by atoms with van der Waals surface area (Å²) >= 11 is 0. The number of hydrogen-bond acceptors (Lipinski definition) is 4. The molecule has 1 saturated carbocycles. The predicted molar refractivity (Wildman–Crippen MR) is 97.1 cm³/mol. The van der Waals surface area contributed by atoms with E-state index in [-0.39, 0.29) is 5.92 Å². The number of carbonyl (C=O) groups excluding carboxylic acids is 1. The third-order valence-corrected chi connectivity index (χ3v) is 5.28. The zero-order valence-corrected chi connectivity index (χ0v) is 15.0. The normalized spacial score (nSPS) is 20.8. The second-order valence-electron chi connectivity index (χ2n) is 7.26. The van der Waals surface area contributed by atoms with Crippen LogP contribution in [0, 0.1) is 5.92 Å². The molecule has 5 heteroatoms. The number of rotatable bonds is 7. The zero-order chi connectivity index (χ0) is 17.5. The number of carbonyl (C=O) groups is 1. The number of benzene rings is 1. The number of hydrogen-bond donors (Lipinski definition) is 1. The Morgan fingerprint density at radius 2 is 1.80 bits per heavy atom. The van der Waals surface area contributed by atoms with Crippen molar-refractivity contribution in [3.05, 3.63) is 35.9 Å². The Hall–Kier alpha value is -1.43. The van der Waals surface area contributed by atoms with Crippen molar-refractivity contribution in [3.63, 3.8) is 0 Å². The van der Waals surface area contributed by atoms with Crippen LogP contribution in [-0.2, 0) is 16.1 Å². The molecule has 2 aliphatic rings. The van der Waals surface area contributed by atoms with Gasteiger partial charge in [0.15, 0.2) is 0 Å². The van der Waals surface area contributed by atoms with Gasteiger partial charge in [-0.05, 0) is 18.4 Å². The van der Waals surface area contributed by atoms with E-state index >= 15 is 0 Å². The average Bonchev–Trinajstić information content (AvgIpc) is 3.17. The molecular weight excluding hydrogens is 316 g/mol. The van der Waals surface area contributed by atoms with Crippen molar-refractivity contribution in [2.24, 2.45) is 5.92 Å². The number of aliphatic hydroxyl groups is 1. The Morgan fingerprint density at radius 1 is 1.12 bits per heavy atom. The largest absolute Gasteiger partial charge is 0.389 e. The van der Waals surface area contributed by atoms with Crippen LogP contribution in [0.25, 0.3) is 0 Å². The molecule has 1 unspecified atom stereocenters. The highest BCUT2D eigenvalue weighted by Gasteiger charge is 2.29. The SMILES string of the molecule is O=C(C1CCCC1)N1CCN(CC(O)COCc2ccccc2)CC1. The summed E-state index contributed by atoms with van der Waals surface area (Å²) in [6.45, 7) is 4.74. The summed E-state index contributed by atoms with van der Waals surface area (Å²) < 4.78 is 5.61. The van der Waals surface area contributed by atoms with Gasteiger partial charge in [-0.15, -0.1) is 0 Å². The van der Waals surface area contributed by atoms with Crippen LogP contribution in [0.5, 0.6) is 0 Å². The molecule has 25 heavy (non-hydrogen) atoms. The minimum absolute atomic E-state index is 0.267. The van der Waals surface area contributed by atoms with Crippen molar-refractivity contribution in [2.75, 3.05) is 39.3 Å². The molecule has 0 aromatic heterocycles. The maximum Gasteiger partial charge on any atom is 0.225 e. The van der Waals surface area contributed by atoms with Crippen molar-refractivity contribution >= 4 is 5.91 Å². The van der Waals surface area contributed by atoms with Gasteiger partial charge in [-0.2, -0.15) is 0 Å². The molecular formula is C20H30N2O3. The van der Waals surface area contributed by atoms with E-state index in [0.717, 1.165) is 44.6 Å². The van der Waals surface area contributed by atoms with Gasteiger partial charge in [0, 0.05) is 38.6 Å². The summed E-state index contributed by atoms with van der Waals surface area (Å²) in [4.78, 5) is 16.7. The molecule has 138 valence electrons. The first-order valence-corrected chi connectivity index (χ1v) is 9.53. The molecule has 0 spiro atoms. The standard InChI is InChI=1S/C20H30N2O3/c23-19(16-25-15-17-6-2-1-3-7-17)14-21-10-12-22(13-11-21)20(24)18-8-4-5-9-18/h1-3,6-7,18-19,23H,4-5,8-16H2. The van der Waals surface area contributed by atoms with Gasteiger partial charge in [0.2, 0.25) is 5.91 Å². The lowest BCUT2D eigenvalue weighted by Gasteiger charge is -2.36. The number of piperazine rings is 1. The summed E-state index contributed by atoms with van der Waals surface area (Å²) in [6.07, 6.45) is 4.05. The summed E-state index contributed by atoms with van der Waals surface area (Å²) in [5.74, 6) is 0.618. The smallest absolute Gasteiger partial charge is 0.225 e. The lowest BCUT2D eigenvalue weighted by atomic mass is 10.1. The highest BCUT2D eigenvalue weighted by atomic mass is 16.5. The molecule has 0 bridgehead atoms. The zero-order valence-electron chi connectivity index (χ0n) is 15.0. The van der Waals surface area contributed by atoms with Crippen molar-refractivity contribution in [2.45, 2.75) is 38.4 Å². The van der Waals surface area contributed by atoms with E-state index < -0.39 is 6.10 Å². The lowest BCUT2D eigenvalue weighted by molar-refractivity contribution is -0.137. The number of aliphatic hydroxyl groups excluding tert-OH is 1. The van der Waals surface area contributed by atoms with Crippen molar-refractivity contribution in [1.82, 2.24) is 9.80 Å². The summed E-state index contributed by atoms with van der Waals surface area (Å²) in [5, 5.41) is 10.2. The fraction of sp³-hybridized carbons (Fsp3) is 0.650. The van der Waals surface area contributed by atoms with Crippen molar-refractivity contribution < 1.29 is 14.6 Å². The molecule has 1 saturated heterocycles. The fourth-order valence-electron chi connectivity index (χ4n) is 3.82. The van der Waals surface area contributed by atoms with Gasteiger partial charge >= 0.3 is 0 Å². The molecule has 3 rings (SSSR count). The van der Waals surface area contributed by atoms with Crippen molar-refractivity contribution in [3.8, 4) is 0 Å². The monoisotopic (exact) mass is 346 g/mol. The minimum atomic E-state index is -0.485. The number of amides is 1.